The molecule has 104 valence electrons. The average Bonchev–Trinajstić information content (AvgIpc) is 2.79. The molecule has 1 aliphatic rings. The van der Waals surface area contributed by atoms with E-state index in [0.29, 0.717) is 6.54 Å². The van der Waals surface area contributed by atoms with Crippen LogP contribution in [0.25, 0.3) is 0 Å². The number of carboxylic acid groups (broad SMARTS) is 1. The van der Waals surface area contributed by atoms with Crippen LogP contribution in [0.2, 0.25) is 0 Å². The molecule has 0 spiro atoms. The standard InChI is InChI=1S/C12H18BNO4S/c1-11(2)12(3,4)18-13(17-11)9-6-5-8(19-9)7-14-10(15)16/h5-6,14H,7H2,1-4H3,(H,15,16). The highest BCUT2D eigenvalue weighted by atomic mass is 32.1. The molecule has 0 aliphatic carbocycles. The molecule has 1 amide bonds. The van der Waals surface area contributed by atoms with E-state index in [-0.39, 0.29) is 18.3 Å². The van der Waals surface area contributed by atoms with Gasteiger partial charge in [-0.05, 0) is 33.8 Å². The van der Waals surface area contributed by atoms with Crippen LogP contribution in [0.5, 0.6) is 0 Å². The van der Waals surface area contributed by atoms with Crippen LogP contribution < -0.4 is 10.1 Å². The van der Waals surface area contributed by atoms with E-state index in [1.807, 2.05) is 39.8 Å². The lowest BCUT2D eigenvalue weighted by Crippen LogP contribution is -2.41. The monoisotopic (exact) mass is 283 g/mol. The molecule has 0 aromatic carbocycles. The first-order valence-electron chi connectivity index (χ1n) is 6.12. The van der Waals surface area contributed by atoms with Crippen LogP contribution in [-0.4, -0.2) is 29.5 Å². The van der Waals surface area contributed by atoms with Gasteiger partial charge in [-0.1, -0.05) is 6.07 Å². The summed E-state index contributed by atoms with van der Waals surface area (Å²) < 4.78 is 12.8. The predicted octanol–water partition coefficient (Wildman–Crippen LogP) is 1.81. The van der Waals surface area contributed by atoms with Gasteiger partial charge in [0.2, 0.25) is 0 Å². The quantitative estimate of drug-likeness (QED) is 0.830. The van der Waals surface area contributed by atoms with Crippen molar-refractivity contribution in [1.82, 2.24) is 5.32 Å². The molecule has 0 saturated carbocycles. The zero-order valence-corrected chi connectivity index (χ0v) is 12.3. The van der Waals surface area contributed by atoms with Crippen molar-refractivity contribution < 1.29 is 19.2 Å². The molecule has 0 bridgehead atoms. The first-order chi connectivity index (χ1) is 8.71. The normalized spacial score (nSPS) is 20.5. The molecule has 1 saturated heterocycles. The minimum absolute atomic E-state index is 0.305. The van der Waals surface area contributed by atoms with Crippen molar-refractivity contribution >= 4 is 29.3 Å². The Morgan fingerprint density at radius 2 is 1.89 bits per heavy atom. The fourth-order valence-electron chi connectivity index (χ4n) is 1.74. The Balaban J connectivity index is 2.06. The summed E-state index contributed by atoms with van der Waals surface area (Å²) in [5, 5.41) is 10.9. The number of hydrogen-bond donors (Lipinski definition) is 2. The highest BCUT2D eigenvalue weighted by molar-refractivity contribution is 7.22. The molecule has 1 aliphatic heterocycles. The summed E-state index contributed by atoms with van der Waals surface area (Å²) in [6.45, 7) is 8.33. The molecule has 2 heterocycles. The molecule has 0 unspecified atom stereocenters. The lowest BCUT2D eigenvalue weighted by molar-refractivity contribution is 0.00578. The topological polar surface area (TPSA) is 67.8 Å². The second kappa shape index (κ2) is 4.81. The zero-order valence-electron chi connectivity index (χ0n) is 11.5. The molecule has 2 N–H and O–H groups in total. The highest BCUT2D eigenvalue weighted by Gasteiger charge is 2.52. The fraction of sp³-hybridized carbons (Fsp3) is 0.583. The Hall–Kier alpha value is -1.05. The van der Waals surface area contributed by atoms with E-state index >= 15 is 0 Å². The van der Waals surface area contributed by atoms with Gasteiger partial charge in [-0.3, -0.25) is 0 Å². The second-order valence-corrected chi connectivity index (χ2v) is 6.75. The van der Waals surface area contributed by atoms with Gasteiger partial charge in [0.25, 0.3) is 0 Å². The Kier molecular flexibility index (Phi) is 3.64. The number of hydrogen-bond acceptors (Lipinski definition) is 4. The van der Waals surface area contributed by atoms with E-state index in [0.717, 1.165) is 9.65 Å². The van der Waals surface area contributed by atoms with Crippen molar-refractivity contribution in [2.24, 2.45) is 0 Å². The van der Waals surface area contributed by atoms with Crippen molar-refractivity contribution in [3.8, 4) is 0 Å². The molecule has 0 atom stereocenters. The Morgan fingerprint density at radius 3 is 2.42 bits per heavy atom. The van der Waals surface area contributed by atoms with Gasteiger partial charge in [0.1, 0.15) is 0 Å². The maximum absolute atomic E-state index is 10.5. The molecule has 1 fully saturated rings. The number of rotatable bonds is 3. The summed E-state index contributed by atoms with van der Waals surface area (Å²) in [6.07, 6.45) is -1.02. The Labute approximate surface area is 117 Å². The summed E-state index contributed by atoms with van der Waals surface area (Å²) in [5.41, 5.74) is -0.720. The Bertz CT molecular complexity index is 470. The molecule has 19 heavy (non-hydrogen) atoms. The number of thiophene rings is 1. The van der Waals surface area contributed by atoms with Gasteiger partial charge in [-0.15, -0.1) is 11.3 Å². The van der Waals surface area contributed by atoms with E-state index < -0.39 is 6.09 Å². The summed E-state index contributed by atoms with van der Waals surface area (Å²) in [4.78, 5) is 11.4. The number of nitrogens with one attached hydrogen (secondary N) is 1. The average molecular weight is 283 g/mol. The van der Waals surface area contributed by atoms with Gasteiger partial charge in [-0.2, -0.15) is 0 Å². The number of amides is 1. The van der Waals surface area contributed by atoms with Crippen LogP contribution in [0.4, 0.5) is 4.79 Å². The van der Waals surface area contributed by atoms with E-state index in [9.17, 15) is 4.79 Å². The molecule has 0 radical (unpaired) electrons. The van der Waals surface area contributed by atoms with E-state index in [1.54, 1.807) is 0 Å². The molecule has 7 heteroatoms. The lowest BCUT2D eigenvalue weighted by atomic mass is 9.88. The third kappa shape index (κ3) is 2.93. The molecular weight excluding hydrogens is 265 g/mol. The van der Waals surface area contributed by atoms with Crippen molar-refractivity contribution in [3.63, 3.8) is 0 Å². The molecule has 2 rings (SSSR count). The predicted molar refractivity (Wildman–Crippen MR) is 74.9 cm³/mol. The lowest BCUT2D eigenvalue weighted by Gasteiger charge is -2.32. The van der Waals surface area contributed by atoms with Crippen LogP contribution in [0, 0.1) is 0 Å². The molecule has 1 aromatic rings. The van der Waals surface area contributed by atoms with E-state index in [2.05, 4.69) is 5.32 Å². The summed E-state index contributed by atoms with van der Waals surface area (Å²) in [5.74, 6) is 0. The van der Waals surface area contributed by atoms with Crippen LogP contribution >= 0.6 is 11.3 Å². The summed E-state index contributed by atoms with van der Waals surface area (Å²) >= 11 is 1.50. The third-order valence-electron chi connectivity index (χ3n) is 3.58. The molecular formula is C12H18BNO4S. The Morgan fingerprint density at radius 1 is 1.32 bits per heavy atom. The molecule has 5 nitrogen and oxygen atoms in total. The van der Waals surface area contributed by atoms with E-state index in [1.165, 1.54) is 11.3 Å². The SMILES string of the molecule is CC1(C)OB(c2ccc(CNC(=O)O)s2)OC1(C)C. The highest BCUT2D eigenvalue weighted by Crippen LogP contribution is 2.36. The molecule has 1 aromatic heterocycles. The third-order valence-corrected chi connectivity index (χ3v) is 4.69. The first-order valence-corrected chi connectivity index (χ1v) is 6.94. The largest absolute Gasteiger partial charge is 0.505 e. The maximum atomic E-state index is 10.5. The first kappa shape index (κ1) is 14.4. The van der Waals surface area contributed by atoms with Crippen molar-refractivity contribution in [2.45, 2.75) is 45.4 Å². The van der Waals surface area contributed by atoms with Crippen LogP contribution in [0.1, 0.15) is 32.6 Å². The zero-order chi connectivity index (χ0) is 14.3. The van der Waals surface area contributed by atoms with E-state index in [4.69, 9.17) is 14.4 Å². The second-order valence-electron chi connectivity index (χ2n) is 5.55. The van der Waals surface area contributed by atoms with Gasteiger partial charge in [0, 0.05) is 9.65 Å². The van der Waals surface area contributed by atoms with Gasteiger partial charge >= 0.3 is 13.2 Å². The maximum Gasteiger partial charge on any atom is 0.505 e. The smallest absolute Gasteiger partial charge is 0.465 e. The summed E-state index contributed by atoms with van der Waals surface area (Å²) in [7, 11) is -0.381. The van der Waals surface area contributed by atoms with Crippen LogP contribution in [-0.2, 0) is 15.9 Å². The van der Waals surface area contributed by atoms with Crippen LogP contribution in [0.3, 0.4) is 0 Å². The number of carbonyl (C=O) groups is 1. The minimum Gasteiger partial charge on any atom is -0.465 e. The van der Waals surface area contributed by atoms with Crippen molar-refractivity contribution in [1.29, 1.82) is 0 Å². The van der Waals surface area contributed by atoms with Gasteiger partial charge in [0.05, 0.1) is 17.7 Å². The van der Waals surface area contributed by atoms with Gasteiger partial charge in [0.15, 0.2) is 0 Å². The van der Waals surface area contributed by atoms with Gasteiger partial charge < -0.3 is 19.7 Å². The van der Waals surface area contributed by atoms with Crippen LogP contribution in [0.15, 0.2) is 12.1 Å². The minimum atomic E-state index is -1.02. The van der Waals surface area contributed by atoms with Crippen molar-refractivity contribution in [3.05, 3.63) is 17.0 Å². The fourth-order valence-corrected chi connectivity index (χ4v) is 2.65. The van der Waals surface area contributed by atoms with Crippen molar-refractivity contribution in [2.75, 3.05) is 0 Å². The van der Waals surface area contributed by atoms with Gasteiger partial charge in [-0.25, -0.2) is 4.79 Å². The summed E-state index contributed by atoms with van der Waals surface area (Å²) in [6, 6.07) is 3.81.